The lowest BCUT2D eigenvalue weighted by Crippen LogP contribution is -2.10. The van der Waals surface area contributed by atoms with E-state index in [9.17, 15) is 0 Å². The normalized spacial score (nSPS) is 11.6. The van der Waals surface area contributed by atoms with Gasteiger partial charge >= 0.3 is 0 Å². The molecule has 0 heterocycles. The van der Waals surface area contributed by atoms with E-state index in [2.05, 4.69) is 63.2 Å². The van der Waals surface area contributed by atoms with Gasteiger partial charge in [-0.15, -0.1) is 0 Å². The van der Waals surface area contributed by atoms with E-state index < -0.39 is 0 Å². The summed E-state index contributed by atoms with van der Waals surface area (Å²) >= 11 is 0. The highest BCUT2D eigenvalue weighted by Gasteiger charge is 2.04. The van der Waals surface area contributed by atoms with Gasteiger partial charge in [0, 0.05) is 25.4 Å². The van der Waals surface area contributed by atoms with Crippen molar-refractivity contribution in [1.29, 1.82) is 0 Å². The smallest absolute Gasteiger partial charge is 0.0396 e. The van der Waals surface area contributed by atoms with E-state index in [-0.39, 0.29) is 0 Å². The van der Waals surface area contributed by atoms with Crippen molar-refractivity contribution >= 4 is 5.70 Å². The van der Waals surface area contributed by atoms with E-state index in [1.165, 1.54) is 16.8 Å². The summed E-state index contributed by atoms with van der Waals surface area (Å²) in [4.78, 5) is 2.17. The number of hydrogen-bond donors (Lipinski definition) is 0. The molecule has 0 atom stereocenters. The molecule has 0 aliphatic carbocycles. The van der Waals surface area contributed by atoms with Crippen molar-refractivity contribution in [2.45, 2.75) is 20.3 Å². The fraction of sp³-hybridized carbons (Fsp3) is 0.385. The Kier molecular flexibility index (Phi) is 3.75. The fourth-order valence-electron chi connectivity index (χ4n) is 1.59. The molecule has 0 saturated heterocycles. The molecule has 76 valence electrons. The Morgan fingerprint density at radius 3 is 2.43 bits per heavy atom. The lowest BCUT2D eigenvalue weighted by Gasteiger charge is -2.19. The van der Waals surface area contributed by atoms with Crippen LogP contribution in [0.3, 0.4) is 0 Å². The number of hydrogen-bond acceptors (Lipinski definition) is 1. The molecule has 0 N–H and O–H groups in total. The van der Waals surface area contributed by atoms with Crippen molar-refractivity contribution in [3.05, 3.63) is 41.5 Å². The Labute approximate surface area is 87.1 Å². The number of benzene rings is 1. The summed E-state index contributed by atoms with van der Waals surface area (Å²) in [7, 11) is 4.18. The zero-order valence-corrected chi connectivity index (χ0v) is 9.54. The lowest BCUT2D eigenvalue weighted by atomic mass is 10.0. The van der Waals surface area contributed by atoms with E-state index in [0.717, 1.165) is 6.42 Å². The average molecular weight is 189 g/mol. The Morgan fingerprint density at radius 1 is 1.29 bits per heavy atom. The average Bonchev–Trinajstić information content (AvgIpc) is 2.15. The Hall–Kier alpha value is -1.24. The van der Waals surface area contributed by atoms with Gasteiger partial charge in [0.05, 0.1) is 0 Å². The molecule has 1 aromatic rings. The number of allylic oxidation sites excluding steroid dienone is 1. The third kappa shape index (κ3) is 2.38. The number of rotatable bonds is 3. The molecule has 1 aromatic carbocycles. The second-order valence-electron chi connectivity index (χ2n) is 3.71. The van der Waals surface area contributed by atoms with Gasteiger partial charge in [-0.2, -0.15) is 0 Å². The Bertz CT molecular complexity index is 324. The highest BCUT2D eigenvalue weighted by atomic mass is 15.1. The fourth-order valence-corrected chi connectivity index (χ4v) is 1.59. The van der Waals surface area contributed by atoms with E-state index >= 15 is 0 Å². The zero-order valence-electron chi connectivity index (χ0n) is 9.54. The molecule has 1 nitrogen and oxygen atoms in total. The molecule has 0 unspecified atom stereocenters. The van der Waals surface area contributed by atoms with Crippen LogP contribution in [0.25, 0.3) is 5.70 Å². The van der Waals surface area contributed by atoms with Crippen LogP contribution >= 0.6 is 0 Å². The van der Waals surface area contributed by atoms with Crippen molar-refractivity contribution < 1.29 is 0 Å². The SMILES string of the molecule is CC/C=C(/c1ccccc1C)N(C)C. The van der Waals surface area contributed by atoms with Gasteiger partial charge in [-0.05, 0) is 18.9 Å². The summed E-state index contributed by atoms with van der Waals surface area (Å²) in [6.45, 7) is 4.32. The molecule has 0 aliphatic rings. The van der Waals surface area contributed by atoms with Crippen LogP contribution in [0.1, 0.15) is 24.5 Å². The van der Waals surface area contributed by atoms with Gasteiger partial charge in [-0.3, -0.25) is 0 Å². The highest BCUT2D eigenvalue weighted by Crippen LogP contribution is 2.20. The first kappa shape index (κ1) is 10.8. The quantitative estimate of drug-likeness (QED) is 0.705. The standard InChI is InChI=1S/C13H19N/c1-5-8-13(14(3)4)12-10-7-6-9-11(12)2/h6-10H,5H2,1-4H3/b13-8-. The van der Waals surface area contributed by atoms with Crippen LogP contribution in [0.5, 0.6) is 0 Å². The number of nitrogens with zero attached hydrogens (tertiary/aromatic N) is 1. The van der Waals surface area contributed by atoms with Crippen molar-refractivity contribution in [3.8, 4) is 0 Å². The molecule has 0 saturated carbocycles. The van der Waals surface area contributed by atoms with Gasteiger partial charge in [0.25, 0.3) is 0 Å². The number of aryl methyl sites for hydroxylation is 1. The summed E-state index contributed by atoms with van der Waals surface area (Å²) in [5.74, 6) is 0. The highest BCUT2D eigenvalue weighted by molar-refractivity contribution is 5.66. The van der Waals surface area contributed by atoms with E-state index in [4.69, 9.17) is 0 Å². The molecule has 0 aliphatic heterocycles. The second-order valence-corrected chi connectivity index (χ2v) is 3.71. The first-order chi connectivity index (χ1) is 6.66. The first-order valence-corrected chi connectivity index (χ1v) is 5.10. The monoisotopic (exact) mass is 189 g/mol. The van der Waals surface area contributed by atoms with Crippen LogP contribution < -0.4 is 0 Å². The molecule has 0 aromatic heterocycles. The minimum Gasteiger partial charge on any atom is -0.377 e. The molecule has 14 heavy (non-hydrogen) atoms. The summed E-state index contributed by atoms with van der Waals surface area (Å²) in [5.41, 5.74) is 3.98. The van der Waals surface area contributed by atoms with Crippen molar-refractivity contribution in [2.24, 2.45) is 0 Å². The molecule has 0 amide bonds. The molecular weight excluding hydrogens is 170 g/mol. The van der Waals surface area contributed by atoms with Crippen molar-refractivity contribution in [3.63, 3.8) is 0 Å². The first-order valence-electron chi connectivity index (χ1n) is 5.10. The predicted molar refractivity (Wildman–Crippen MR) is 63.1 cm³/mol. The minimum absolute atomic E-state index is 1.07. The predicted octanol–water partition coefficient (Wildman–Crippen LogP) is 3.31. The van der Waals surface area contributed by atoms with Crippen LogP contribution in [-0.4, -0.2) is 19.0 Å². The largest absolute Gasteiger partial charge is 0.377 e. The van der Waals surface area contributed by atoms with E-state index in [1.54, 1.807) is 0 Å². The van der Waals surface area contributed by atoms with E-state index in [1.807, 2.05) is 0 Å². The molecule has 0 fully saturated rings. The maximum atomic E-state index is 2.27. The Morgan fingerprint density at radius 2 is 1.93 bits per heavy atom. The molecule has 1 heteroatoms. The second kappa shape index (κ2) is 4.85. The van der Waals surface area contributed by atoms with Gasteiger partial charge in [0.2, 0.25) is 0 Å². The van der Waals surface area contributed by atoms with Gasteiger partial charge in [-0.1, -0.05) is 37.3 Å². The molecule has 0 bridgehead atoms. The summed E-state index contributed by atoms with van der Waals surface area (Å²) in [6.07, 6.45) is 3.34. The van der Waals surface area contributed by atoms with Crippen LogP contribution in [0, 0.1) is 6.92 Å². The third-order valence-corrected chi connectivity index (χ3v) is 2.30. The van der Waals surface area contributed by atoms with E-state index in [0.29, 0.717) is 0 Å². The summed E-state index contributed by atoms with van der Waals surface area (Å²) in [6, 6.07) is 8.51. The van der Waals surface area contributed by atoms with Gasteiger partial charge < -0.3 is 4.90 Å². The molecular formula is C13H19N. The van der Waals surface area contributed by atoms with Gasteiger partial charge in [0.1, 0.15) is 0 Å². The topological polar surface area (TPSA) is 3.24 Å². The van der Waals surface area contributed by atoms with Crippen LogP contribution in [0.4, 0.5) is 0 Å². The zero-order chi connectivity index (χ0) is 10.6. The maximum absolute atomic E-state index is 2.27. The third-order valence-electron chi connectivity index (χ3n) is 2.30. The molecule has 0 spiro atoms. The van der Waals surface area contributed by atoms with Crippen molar-refractivity contribution in [2.75, 3.05) is 14.1 Å². The molecule has 1 rings (SSSR count). The summed E-state index contributed by atoms with van der Waals surface area (Å²) in [5, 5.41) is 0. The van der Waals surface area contributed by atoms with Crippen molar-refractivity contribution in [1.82, 2.24) is 4.90 Å². The van der Waals surface area contributed by atoms with Crippen LogP contribution in [0.2, 0.25) is 0 Å². The maximum Gasteiger partial charge on any atom is 0.0396 e. The summed E-state index contributed by atoms with van der Waals surface area (Å²) < 4.78 is 0. The van der Waals surface area contributed by atoms with Crippen LogP contribution in [0.15, 0.2) is 30.3 Å². The van der Waals surface area contributed by atoms with Gasteiger partial charge in [-0.25, -0.2) is 0 Å². The minimum atomic E-state index is 1.07. The van der Waals surface area contributed by atoms with Gasteiger partial charge in [0.15, 0.2) is 0 Å². The lowest BCUT2D eigenvalue weighted by molar-refractivity contribution is 0.589. The Balaban J connectivity index is 3.12. The van der Waals surface area contributed by atoms with Crippen LogP contribution in [-0.2, 0) is 0 Å². The molecule has 0 radical (unpaired) electrons.